The smallest absolute Gasteiger partial charge is 0.169 e. The number of benzene rings is 2. The van der Waals surface area contributed by atoms with Crippen molar-refractivity contribution in [2.24, 2.45) is 0 Å². The fraction of sp³-hybridized carbons (Fsp3) is 0.312. The molecule has 0 atom stereocenters. The second-order valence-corrected chi connectivity index (χ2v) is 10.3. The molecule has 8 nitrogen and oxygen atoms in total. The molecular formula is C32H36N8. The molecule has 1 aliphatic rings. The molecular weight excluding hydrogens is 496 g/mol. The van der Waals surface area contributed by atoms with Gasteiger partial charge in [0.2, 0.25) is 0 Å². The molecule has 0 aliphatic carbocycles. The predicted molar refractivity (Wildman–Crippen MR) is 163 cm³/mol. The van der Waals surface area contributed by atoms with E-state index < -0.39 is 0 Å². The number of aromatic nitrogens is 5. The molecule has 0 unspecified atom stereocenters. The number of hydrogen-bond acceptors (Lipinski definition) is 7. The second-order valence-electron chi connectivity index (χ2n) is 10.3. The first-order valence-electron chi connectivity index (χ1n) is 14.2. The summed E-state index contributed by atoms with van der Waals surface area (Å²) in [4.78, 5) is 19.1. The molecule has 0 radical (unpaired) electrons. The summed E-state index contributed by atoms with van der Waals surface area (Å²) in [5.74, 6) is 1.35. The third-order valence-corrected chi connectivity index (χ3v) is 8.02. The van der Waals surface area contributed by atoms with Crippen molar-refractivity contribution < 1.29 is 0 Å². The van der Waals surface area contributed by atoms with E-state index in [-0.39, 0.29) is 0 Å². The monoisotopic (exact) mass is 532 g/mol. The number of piperidine rings is 1. The highest BCUT2D eigenvalue weighted by Gasteiger charge is 2.23. The lowest BCUT2D eigenvalue weighted by molar-refractivity contribution is 0.186. The molecule has 2 aromatic carbocycles. The van der Waals surface area contributed by atoms with Crippen LogP contribution >= 0.6 is 0 Å². The van der Waals surface area contributed by atoms with Crippen LogP contribution in [0.15, 0.2) is 79.3 Å². The maximum absolute atomic E-state index is 4.97. The largest absolute Gasteiger partial charge is 0.371 e. The van der Waals surface area contributed by atoms with Gasteiger partial charge in [0.25, 0.3) is 0 Å². The standard InChI is InChI=1S/C32H36N8/c1-4-38(5-2)26-16-20-39(21-17-26)25-10-12-27(13-11-25)40-32-28(22-34-40)31(35-29-9-7-6-8-23(29)3)36-30(37-32)24-14-18-33-19-15-24/h6-15,18-19,22,26H,4-5,16-17,20-21H2,1-3H3,(H,35,36,37). The second kappa shape index (κ2) is 11.4. The van der Waals surface area contributed by atoms with Crippen LogP contribution < -0.4 is 10.2 Å². The van der Waals surface area contributed by atoms with E-state index in [4.69, 9.17) is 15.1 Å². The Bertz CT molecular complexity index is 1570. The summed E-state index contributed by atoms with van der Waals surface area (Å²) in [7, 11) is 0. The van der Waals surface area contributed by atoms with E-state index in [1.807, 2.05) is 35.1 Å². The summed E-state index contributed by atoms with van der Waals surface area (Å²) in [6.07, 6.45) is 7.78. The summed E-state index contributed by atoms with van der Waals surface area (Å²) in [5.41, 5.74) is 6.03. The van der Waals surface area contributed by atoms with Gasteiger partial charge < -0.3 is 15.1 Å². The van der Waals surface area contributed by atoms with E-state index in [0.29, 0.717) is 11.9 Å². The van der Waals surface area contributed by atoms with Gasteiger partial charge in [0.05, 0.1) is 17.3 Å². The fourth-order valence-corrected chi connectivity index (χ4v) is 5.70. The highest BCUT2D eigenvalue weighted by molar-refractivity contribution is 5.91. The van der Waals surface area contributed by atoms with Crippen LogP contribution in [-0.2, 0) is 0 Å². The van der Waals surface area contributed by atoms with Crippen molar-refractivity contribution in [3.63, 3.8) is 0 Å². The lowest BCUT2D eigenvalue weighted by Gasteiger charge is -2.38. The van der Waals surface area contributed by atoms with Crippen LogP contribution in [0.2, 0.25) is 0 Å². The van der Waals surface area contributed by atoms with Gasteiger partial charge in [-0.3, -0.25) is 4.98 Å². The lowest BCUT2D eigenvalue weighted by Crippen LogP contribution is -2.44. The predicted octanol–water partition coefficient (Wildman–Crippen LogP) is 6.24. The van der Waals surface area contributed by atoms with Crippen LogP contribution in [0.5, 0.6) is 0 Å². The van der Waals surface area contributed by atoms with E-state index >= 15 is 0 Å². The number of nitrogens with zero attached hydrogens (tertiary/aromatic N) is 7. The van der Waals surface area contributed by atoms with Crippen molar-refractivity contribution in [1.82, 2.24) is 29.6 Å². The molecule has 40 heavy (non-hydrogen) atoms. The molecule has 0 amide bonds. The van der Waals surface area contributed by atoms with Crippen LogP contribution in [0.3, 0.4) is 0 Å². The minimum absolute atomic E-state index is 0.625. The van der Waals surface area contributed by atoms with E-state index in [1.54, 1.807) is 12.4 Å². The summed E-state index contributed by atoms with van der Waals surface area (Å²) in [6, 6.07) is 21.4. The first-order chi connectivity index (χ1) is 19.6. The fourth-order valence-electron chi connectivity index (χ4n) is 5.70. The molecule has 3 aromatic heterocycles. The van der Waals surface area contributed by atoms with Crippen LogP contribution in [0.1, 0.15) is 32.3 Å². The molecule has 5 aromatic rings. The molecule has 1 aliphatic heterocycles. The Labute approximate surface area is 235 Å². The van der Waals surface area contributed by atoms with Gasteiger partial charge in [-0.15, -0.1) is 0 Å². The number of hydrogen-bond donors (Lipinski definition) is 1. The molecule has 4 heterocycles. The topological polar surface area (TPSA) is 75.0 Å². The summed E-state index contributed by atoms with van der Waals surface area (Å²) >= 11 is 0. The van der Waals surface area contributed by atoms with E-state index in [0.717, 1.165) is 65.5 Å². The first-order valence-corrected chi connectivity index (χ1v) is 14.2. The zero-order valence-corrected chi connectivity index (χ0v) is 23.5. The highest BCUT2D eigenvalue weighted by Crippen LogP contribution is 2.30. The normalized spacial score (nSPS) is 14.2. The highest BCUT2D eigenvalue weighted by atomic mass is 15.3. The maximum Gasteiger partial charge on any atom is 0.169 e. The van der Waals surface area contributed by atoms with Crippen LogP contribution in [0, 0.1) is 6.92 Å². The Morgan fingerprint density at radius 1 is 0.875 bits per heavy atom. The number of anilines is 3. The van der Waals surface area contributed by atoms with Gasteiger partial charge in [0.1, 0.15) is 5.82 Å². The molecule has 8 heteroatoms. The molecule has 6 rings (SSSR count). The summed E-state index contributed by atoms with van der Waals surface area (Å²) < 4.78 is 1.90. The van der Waals surface area contributed by atoms with Gasteiger partial charge in [-0.1, -0.05) is 32.0 Å². The van der Waals surface area contributed by atoms with E-state index in [9.17, 15) is 0 Å². The van der Waals surface area contributed by atoms with Gasteiger partial charge in [0.15, 0.2) is 11.5 Å². The number of nitrogens with one attached hydrogen (secondary N) is 1. The van der Waals surface area contributed by atoms with Crippen molar-refractivity contribution in [1.29, 1.82) is 0 Å². The van der Waals surface area contributed by atoms with Crippen molar-refractivity contribution in [2.75, 3.05) is 36.4 Å². The molecule has 0 bridgehead atoms. The van der Waals surface area contributed by atoms with Gasteiger partial charge in [-0.25, -0.2) is 14.6 Å². The zero-order chi connectivity index (χ0) is 27.5. The number of pyridine rings is 1. The number of para-hydroxylation sites is 1. The number of aryl methyl sites for hydroxylation is 1. The summed E-state index contributed by atoms with van der Waals surface area (Å²) in [5, 5.41) is 9.15. The third-order valence-electron chi connectivity index (χ3n) is 8.02. The van der Waals surface area contributed by atoms with E-state index in [2.05, 4.69) is 77.3 Å². The first kappa shape index (κ1) is 26.0. The number of fused-ring (bicyclic) bond motifs is 1. The minimum Gasteiger partial charge on any atom is -0.371 e. The van der Waals surface area contributed by atoms with Crippen LogP contribution in [-0.4, -0.2) is 61.9 Å². The van der Waals surface area contributed by atoms with Crippen molar-refractivity contribution in [3.05, 3.63) is 84.8 Å². The van der Waals surface area contributed by atoms with Gasteiger partial charge in [-0.2, -0.15) is 5.10 Å². The molecule has 1 fully saturated rings. The SMILES string of the molecule is CCN(CC)C1CCN(c2ccc(-n3ncc4c(Nc5ccccc5C)nc(-c5ccncc5)nc43)cc2)CC1. The Hall–Kier alpha value is -4.30. The maximum atomic E-state index is 4.97. The molecule has 1 saturated heterocycles. The molecule has 204 valence electrons. The quantitative estimate of drug-likeness (QED) is 0.254. The Morgan fingerprint density at radius 2 is 1.57 bits per heavy atom. The lowest BCUT2D eigenvalue weighted by atomic mass is 10.0. The average molecular weight is 533 g/mol. The van der Waals surface area contributed by atoms with Crippen LogP contribution in [0.25, 0.3) is 28.1 Å². The summed E-state index contributed by atoms with van der Waals surface area (Å²) in [6.45, 7) is 11.0. The van der Waals surface area contributed by atoms with Crippen molar-refractivity contribution in [3.8, 4) is 17.1 Å². The van der Waals surface area contributed by atoms with Gasteiger partial charge in [0, 0.05) is 48.5 Å². The molecule has 0 spiro atoms. The Morgan fingerprint density at radius 3 is 2.27 bits per heavy atom. The Balaban J connectivity index is 1.32. The third kappa shape index (κ3) is 5.14. The molecule has 1 N–H and O–H groups in total. The van der Waals surface area contributed by atoms with Crippen molar-refractivity contribution >= 4 is 28.2 Å². The molecule has 0 saturated carbocycles. The Kier molecular flexibility index (Phi) is 7.42. The van der Waals surface area contributed by atoms with Crippen LogP contribution in [0.4, 0.5) is 17.2 Å². The number of rotatable bonds is 8. The van der Waals surface area contributed by atoms with Gasteiger partial charge >= 0.3 is 0 Å². The van der Waals surface area contributed by atoms with E-state index in [1.165, 1.54) is 18.5 Å². The van der Waals surface area contributed by atoms with Gasteiger partial charge in [-0.05, 0) is 80.9 Å². The zero-order valence-electron chi connectivity index (χ0n) is 23.5. The van der Waals surface area contributed by atoms with Crippen molar-refractivity contribution in [2.45, 2.75) is 39.7 Å². The average Bonchev–Trinajstić information content (AvgIpc) is 3.44. The minimum atomic E-state index is 0.625.